The Morgan fingerprint density at radius 2 is 2.00 bits per heavy atom. The molecule has 1 atom stereocenters. The number of amides is 1. The molecule has 0 radical (unpaired) electrons. The number of benzene rings is 2. The van der Waals surface area contributed by atoms with E-state index in [0.717, 1.165) is 11.8 Å². The van der Waals surface area contributed by atoms with E-state index >= 15 is 0 Å². The van der Waals surface area contributed by atoms with Crippen molar-refractivity contribution < 1.29 is 17.6 Å². The Labute approximate surface area is 179 Å². The van der Waals surface area contributed by atoms with Gasteiger partial charge in [-0.25, -0.2) is 22.1 Å². The minimum absolute atomic E-state index is 0.155. The lowest BCUT2D eigenvalue weighted by Gasteiger charge is -2.33. The van der Waals surface area contributed by atoms with Gasteiger partial charge in [-0.1, -0.05) is 47.7 Å². The molecule has 2 heterocycles. The molecular formula is C21H22FN3O3S2. The minimum atomic E-state index is -3.37. The first kappa shape index (κ1) is 20.9. The zero-order valence-corrected chi connectivity index (χ0v) is 18.1. The maximum absolute atomic E-state index is 14.2. The van der Waals surface area contributed by atoms with Crippen molar-refractivity contribution in [3.8, 4) is 0 Å². The first-order valence-electron chi connectivity index (χ1n) is 9.68. The second kappa shape index (κ2) is 8.41. The molecule has 4 rings (SSSR count). The number of carbonyl (C=O) groups excluding carboxylic acids is 1. The number of para-hydroxylation sites is 1. The van der Waals surface area contributed by atoms with Crippen LogP contribution < -0.4 is 4.90 Å². The van der Waals surface area contributed by atoms with Gasteiger partial charge in [-0.15, -0.1) is 0 Å². The summed E-state index contributed by atoms with van der Waals surface area (Å²) in [5.41, 5.74) is 1.16. The predicted molar refractivity (Wildman–Crippen MR) is 116 cm³/mol. The number of aromatic nitrogens is 1. The molecule has 1 aliphatic rings. The van der Waals surface area contributed by atoms with Crippen molar-refractivity contribution in [2.75, 3.05) is 24.2 Å². The Bertz CT molecular complexity index is 1160. The second-order valence-electron chi connectivity index (χ2n) is 7.45. The largest absolute Gasteiger partial charge is 0.283 e. The maximum Gasteiger partial charge on any atom is 0.233 e. The number of piperidine rings is 1. The number of anilines is 1. The summed E-state index contributed by atoms with van der Waals surface area (Å²) in [6.45, 7) is 0.867. The van der Waals surface area contributed by atoms with E-state index in [1.54, 1.807) is 17.0 Å². The van der Waals surface area contributed by atoms with Gasteiger partial charge in [0.25, 0.3) is 0 Å². The van der Waals surface area contributed by atoms with Crippen molar-refractivity contribution in [3.05, 3.63) is 59.9 Å². The summed E-state index contributed by atoms with van der Waals surface area (Å²) in [4.78, 5) is 19.5. The Hall–Kier alpha value is -2.36. The number of rotatable bonds is 5. The number of halogens is 1. The molecule has 3 aromatic rings. The number of sulfonamides is 1. The molecule has 2 aromatic carbocycles. The first-order chi connectivity index (χ1) is 14.3. The third kappa shape index (κ3) is 4.38. The van der Waals surface area contributed by atoms with Gasteiger partial charge in [0, 0.05) is 13.1 Å². The molecule has 1 unspecified atom stereocenters. The lowest BCUT2D eigenvalue weighted by atomic mass is 9.98. The molecule has 1 saturated heterocycles. The highest BCUT2D eigenvalue weighted by atomic mass is 32.2. The highest BCUT2D eigenvalue weighted by Gasteiger charge is 2.34. The van der Waals surface area contributed by atoms with E-state index in [0.29, 0.717) is 29.2 Å². The average Bonchev–Trinajstić information content (AvgIpc) is 3.17. The Kier molecular flexibility index (Phi) is 5.86. The number of hydrogen-bond donors (Lipinski definition) is 0. The fourth-order valence-electron chi connectivity index (χ4n) is 3.69. The lowest BCUT2D eigenvalue weighted by molar-refractivity contribution is -0.123. The van der Waals surface area contributed by atoms with Crippen LogP contribution in [-0.2, 0) is 21.4 Å². The first-order valence-corrected chi connectivity index (χ1v) is 12.3. The summed E-state index contributed by atoms with van der Waals surface area (Å²) in [6, 6.07) is 14.2. The molecular weight excluding hydrogens is 425 g/mol. The van der Waals surface area contributed by atoms with E-state index in [1.165, 1.54) is 21.7 Å². The van der Waals surface area contributed by atoms with E-state index in [2.05, 4.69) is 4.98 Å². The molecule has 1 fully saturated rings. The maximum atomic E-state index is 14.2. The number of thiazole rings is 1. The highest BCUT2D eigenvalue weighted by Crippen LogP contribution is 2.33. The molecule has 6 nitrogen and oxygen atoms in total. The van der Waals surface area contributed by atoms with E-state index in [4.69, 9.17) is 0 Å². The number of carbonyl (C=O) groups is 1. The fourth-order valence-corrected chi connectivity index (χ4v) is 5.59. The van der Waals surface area contributed by atoms with Crippen molar-refractivity contribution in [2.24, 2.45) is 5.92 Å². The van der Waals surface area contributed by atoms with Crippen LogP contribution in [0.4, 0.5) is 9.52 Å². The van der Waals surface area contributed by atoms with Crippen molar-refractivity contribution in [3.63, 3.8) is 0 Å². The fraction of sp³-hybridized carbons (Fsp3) is 0.333. The van der Waals surface area contributed by atoms with Crippen LogP contribution in [0.3, 0.4) is 0 Å². The molecule has 0 spiro atoms. The number of nitrogens with zero attached hydrogens (tertiary/aromatic N) is 3. The van der Waals surface area contributed by atoms with Gasteiger partial charge in [0.05, 0.1) is 23.4 Å². The standard InChI is InChI=1S/C21H22FN3O3S2/c1-30(27,28)24-12-6-9-16(14-24)20(26)25(13-15-7-3-2-4-8-15)21-23-19-17(22)10-5-11-18(19)29-21/h2-5,7-8,10-11,16H,6,9,12-14H2,1H3. The third-order valence-electron chi connectivity index (χ3n) is 5.24. The van der Waals surface area contributed by atoms with E-state index in [1.807, 2.05) is 30.3 Å². The van der Waals surface area contributed by atoms with E-state index < -0.39 is 21.8 Å². The molecule has 0 saturated carbocycles. The monoisotopic (exact) mass is 447 g/mol. The number of fused-ring (bicyclic) bond motifs is 1. The van der Waals surface area contributed by atoms with E-state index in [-0.39, 0.29) is 24.5 Å². The Morgan fingerprint density at radius 3 is 2.70 bits per heavy atom. The van der Waals surface area contributed by atoms with Gasteiger partial charge in [0.2, 0.25) is 15.9 Å². The van der Waals surface area contributed by atoms with Crippen LogP contribution in [0.2, 0.25) is 0 Å². The highest BCUT2D eigenvalue weighted by molar-refractivity contribution is 7.88. The average molecular weight is 448 g/mol. The van der Waals surface area contributed by atoms with Crippen molar-refractivity contribution in [2.45, 2.75) is 19.4 Å². The van der Waals surface area contributed by atoms with Crippen LogP contribution in [0, 0.1) is 11.7 Å². The zero-order valence-electron chi connectivity index (χ0n) is 16.5. The van der Waals surface area contributed by atoms with Crippen LogP contribution in [0.1, 0.15) is 18.4 Å². The minimum Gasteiger partial charge on any atom is -0.283 e. The summed E-state index contributed by atoms with van der Waals surface area (Å²) >= 11 is 1.26. The summed E-state index contributed by atoms with van der Waals surface area (Å²) < 4.78 is 40.2. The summed E-state index contributed by atoms with van der Waals surface area (Å²) in [7, 11) is -3.37. The van der Waals surface area contributed by atoms with Gasteiger partial charge in [0.15, 0.2) is 5.13 Å². The van der Waals surface area contributed by atoms with Crippen molar-refractivity contribution >= 4 is 42.6 Å². The van der Waals surface area contributed by atoms with Gasteiger partial charge in [-0.3, -0.25) is 9.69 Å². The Morgan fingerprint density at radius 1 is 1.23 bits per heavy atom. The van der Waals surface area contributed by atoms with Gasteiger partial charge in [0.1, 0.15) is 11.3 Å². The quantitative estimate of drug-likeness (QED) is 0.599. The normalized spacial score (nSPS) is 17.9. The molecule has 0 N–H and O–H groups in total. The molecule has 1 aliphatic heterocycles. The van der Waals surface area contributed by atoms with Crippen LogP contribution in [0.25, 0.3) is 10.2 Å². The van der Waals surface area contributed by atoms with Gasteiger partial charge in [-0.2, -0.15) is 0 Å². The molecule has 0 aliphatic carbocycles. The zero-order chi connectivity index (χ0) is 21.3. The van der Waals surface area contributed by atoms with Crippen molar-refractivity contribution in [1.29, 1.82) is 0 Å². The SMILES string of the molecule is CS(=O)(=O)N1CCCC(C(=O)N(Cc2ccccc2)c2nc3c(F)cccc3s2)C1. The molecule has 9 heteroatoms. The van der Waals surface area contributed by atoms with Crippen molar-refractivity contribution in [1.82, 2.24) is 9.29 Å². The summed E-state index contributed by atoms with van der Waals surface area (Å²) in [5.74, 6) is -1.08. The smallest absolute Gasteiger partial charge is 0.233 e. The molecule has 158 valence electrons. The van der Waals surface area contributed by atoms with E-state index in [9.17, 15) is 17.6 Å². The molecule has 30 heavy (non-hydrogen) atoms. The van der Waals surface area contributed by atoms with Crippen LogP contribution in [-0.4, -0.2) is 43.0 Å². The third-order valence-corrected chi connectivity index (χ3v) is 7.55. The molecule has 0 bridgehead atoms. The predicted octanol–water partition coefficient (Wildman–Crippen LogP) is 3.64. The second-order valence-corrected chi connectivity index (χ2v) is 10.4. The van der Waals surface area contributed by atoms with Gasteiger partial charge < -0.3 is 0 Å². The van der Waals surface area contributed by atoms with Gasteiger partial charge in [-0.05, 0) is 30.5 Å². The molecule has 1 amide bonds. The summed E-state index contributed by atoms with van der Waals surface area (Å²) in [6.07, 6.45) is 2.39. The number of hydrogen-bond acceptors (Lipinski definition) is 5. The molecule has 1 aromatic heterocycles. The van der Waals surface area contributed by atoms with Crippen LogP contribution >= 0.6 is 11.3 Å². The lowest BCUT2D eigenvalue weighted by Crippen LogP contribution is -2.46. The van der Waals surface area contributed by atoms with Gasteiger partial charge >= 0.3 is 0 Å². The van der Waals surface area contributed by atoms with Crippen LogP contribution in [0.15, 0.2) is 48.5 Å². The summed E-state index contributed by atoms with van der Waals surface area (Å²) in [5, 5.41) is 0.417. The topological polar surface area (TPSA) is 70.6 Å². The van der Waals surface area contributed by atoms with Crippen LogP contribution in [0.5, 0.6) is 0 Å². The Balaban J connectivity index is 1.69.